The Hall–Kier alpha value is -2.94. The lowest BCUT2D eigenvalue weighted by molar-refractivity contribution is 0.239. The van der Waals surface area contributed by atoms with Gasteiger partial charge in [-0.1, -0.05) is 48.5 Å². The minimum Gasteiger partial charge on any atom is -0.384 e. The predicted octanol–water partition coefficient (Wildman–Crippen LogP) is 4.36. The van der Waals surface area contributed by atoms with Crippen LogP contribution in [-0.4, -0.2) is 6.54 Å². The molecule has 114 valence electrons. The van der Waals surface area contributed by atoms with Gasteiger partial charge in [0.2, 0.25) is 0 Å². The molecule has 0 aliphatic carbocycles. The van der Waals surface area contributed by atoms with Gasteiger partial charge >= 0.3 is 0 Å². The summed E-state index contributed by atoms with van der Waals surface area (Å²) in [6.45, 7) is 1.11. The molecule has 0 spiro atoms. The second kappa shape index (κ2) is 6.05. The normalized spacial score (nSPS) is 13.7. The van der Waals surface area contributed by atoms with E-state index >= 15 is 0 Å². The van der Waals surface area contributed by atoms with Gasteiger partial charge < -0.3 is 10.2 Å². The van der Waals surface area contributed by atoms with Crippen molar-refractivity contribution >= 4 is 22.5 Å². The fourth-order valence-electron chi connectivity index (χ4n) is 2.99. The molecule has 0 amide bonds. The van der Waals surface area contributed by atoms with Gasteiger partial charge in [-0.2, -0.15) is 0 Å². The number of anilines is 1. The molecule has 3 nitrogen and oxygen atoms in total. The van der Waals surface area contributed by atoms with Crippen molar-refractivity contribution in [2.45, 2.75) is 6.42 Å². The average molecular weight is 302 g/mol. The molecule has 0 atom stereocenters. The monoisotopic (exact) mass is 302 g/mol. The van der Waals surface area contributed by atoms with Crippen LogP contribution in [0.1, 0.15) is 11.1 Å². The van der Waals surface area contributed by atoms with Gasteiger partial charge in [0, 0.05) is 24.0 Å². The number of hydroxylamine groups is 1. The Labute approximate surface area is 135 Å². The van der Waals surface area contributed by atoms with E-state index in [1.54, 1.807) is 6.20 Å². The van der Waals surface area contributed by atoms with Gasteiger partial charge in [0.15, 0.2) is 5.75 Å². The van der Waals surface area contributed by atoms with Crippen molar-refractivity contribution in [2.24, 2.45) is 0 Å². The zero-order chi connectivity index (χ0) is 15.5. The second-order valence-corrected chi connectivity index (χ2v) is 5.59. The molecule has 0 unspecified atom stereocenters. The molecular weight excluding hydrogens is 284 g/mol. The minimum atomic E-state index is 0.881. The molecule has 0 saturated heterocycles. The number of rotatable bonds is 0. The molecule has 0 radical (unpaired) electrons. The van der Waals surface area contributed by atoms with E-state index in [0.717, 1.165) is 17.9 Å². The summed E-state index contributed by atoms with van der Waals surface area (Å²) in [6, 6.07) is 20.8. The maximum atomic E-state index is 5.29. The molecule has 0 aromatic heterocycles. The second-order valence-electron chi connectivity index (χ2n) is 5.59. The summed E-state index contributed by atoms with van der Waals surface area (Å²) in [5.74, 6) is 0.881. The van der Waals surface area contributed by atoms with Gasteiger partial charge in [0.05, 0.1) is 0 Å². The van der Waals surface area contributed by atoms with Crippen LogP contribution in [0.4, 0.5) is 5.69 Å². The molecule has 0 fully saturated rings. The van der Waals surface area contributed by atoms with Crippen LogP contribution in [0.25, 0.3) is 16.8 Å². The molecule has 3 aromatic carbocycles. The van der Waals surface area contributed by atoms with E-state index in [4.69, 9.17) is 4.84 Å². The molecule has 2 aliphatic rings. The molecule has 2 N–H and O–H groups in total. The van der Waals surface area contributed by atoms with Crippen LogP contribution in [0.3, 0.4) is 0 Å². The van der Waals surface area contributed by atoms with Crippen molar-refractivity contribution in [3.63, 3.8) is 0 Å². The summed E-state index contributed by atoms with van der Waals surface area (Å²) < 4.78 is 0. The predicted molar refractivity (Wildman–Crippen MR) is 95.4 cm³/mol. The molecule has 5 rings (SSSR count). The van der Waals surface area contributed by atoms with Gasteiger partial charge in [-0.15, -0.1) is 0 Å². The van der Waals surface area contributed by atoms with Crippen molar-refractivity contribution in [3.8, 4) is 5.75 Å². The molecule has 3 heteroatoms. The first-order chi connectivity index (χ1) is 11.4. The number of hydrogen-bond acceptors (Lipinski definition) is 3. The Morgan fingerprint density at radius 3 is 2.70 bits per heavy atom. The topological polar surface area (TPSA) is 33.3 Å². The van der Waals surface area contributed by atoms with Crippen LogP contribution in [-0.2, 0) is 6.42 Å². The van der Waals surface area contributed by atoms with Gasteiger partial charge in [0.1, 0.15) is 0 Å². The Morgan fingerprint density at radius 2 is 1.74 bits per heavy atom. The molecule has 3 aromatic rings. The lowest BCUT2D eigenvalue weighted by atomic mass is 10.0. The van der Waals surface area contributed by atoms with Crippen molar-refractivity contribution in [1.29, 1.82) is 0 Å². The highest BCUT2D eigenvalue weighted by atomic mass is 16.6. The van der Waals surface area contributed by atoms with Crippen LogP contribution in [0.2, 0.25) is 0 Å². The highest BCUT2D eigenvalue weighted by Crippen LogP contribution is 2.30. The first-order valence-corrected chi connectivity index (χ1v) is 7.84. The van der Waals surface area contributed by atoms with E-state index in [0.29, 0.717) is 0 Å². The van der Waals surface area contributed by atoms with E-state index in [9.17, 15) is 0 Å². The maximum Gasteiger partial charge on any atom is 0.162 e. The van der Waals surface area contributed by atoms with Crippen LogP contribution in [0, 0.1) is 0 Å². The SMILES string of the molecule is C1=Cc2c(ccc3ccccc23)ON1.c1ccc2c(c1)CCN2. The van der Waals surface area contributed by atoms with Crippen LogP contribution < -0.4 is 15.6 Å². The van der Waals surface area contributed by atoms with E-state index in [-0.39, 0.29) is 0 Å². The Morgan fingerprint density at radius 1 is 0.870 bits per heavy atom. The molecule has 23 heavy (non-hydrogen) atoms. The van der Waals surface area contributed by atoms with Crippen LogP contribution >= 0.6 is 0 Å². The van der Waals surface area contributed by atoms with Gasteiger partial charge in [-0.05, 0) is 41.0 Å². The Balaban J connectivity index is 0.000000130. The largest absolute Gasteiger partial charge is 0.384 e. The standard InChI is InChI=1S/C12H9NO.C8H9N/c1-2-4-10-9(3-1)5-6-12-11(10)7-8-13-14-12;1-2-4-8-7(3-1)5-6-9-8/h1-8,13H;1-4,9H,5-6H2. The van der Waals surface area contributed by atoms with Gasteiger partial charge in [-0.25, -0.2) is 5.48 Å². The average Bonchev–Trinajstić information content (AvgIpc) is 3.11. The number of benzene rings is 3. The number of para-hydroxylation sites is 1. The summed E-state index contributed by atoms with van der Waals surface area (Å²) in [4.78, 5) is 5.29. The first kappa shape index (κ1) is 13.7. The zero-order valence-electron chi connectivity index (χ0n) is 12.8. The molecule has 0 bridgehead atoms. The summed E-state index contributed by atoms with van der Waals surface area (Å²) in [5, 5.41) is 5.76. The molecule has 2 heterocycles. The van der Waals surface area contributed by atoms with E-state index < -0.39 is 0 Å². The van der Waals surface area contributed by atoms with Crippen molar-refractivity contribution in [2.75, 3.05) is 11.9 Å². The third-order valence-electron chi connectivity index (χ3n) is 4.14. The highest BCUT2D eigenvalue weighted by molar-refractivity contribution is 5.93. The minimum absolute atomic E-state index is 0.881. The number of fused-ring (bicyclic) bond motifs is 4. The lowest BCUT2D eigenvalue weighted by Gasteiger charge is -2.14. The highest BCUT2D eigenvalue weighted by Gasteiger charge is 2.08. The van der Waals surface area contributed by atoms with E-state index in [1.165, 1.54) is 28.4 Å². The summed E-state index contributed by atoms with van der Waals surface area (Å²) in [7, 11) is 0. The third kappa shape index (κ3) is 2.73. The Kier molecular flexibility index (Phi) is 3.60. The fraction of sp³-hybridized carbons (Fsp3) is 0.100. The van der Waals surface area contributed by atoms with Crippen molar-refractivity contribution in [3.05, 3.63) is 78.0 Å². The zero-order valence-corrected chi connectivity index (χ0v) is 12.8. The summed E-state index contributed by atoms with van der Waals surface area (Å²) >= 11 is 0. The number of hydrogen-bond donors (Lipinski definition) is 2. The van der Waals surface area contributed by atoms with Crippen molar-refractivity contribution < 1.29 is 4.84 Å². The lowest BCUT2D eigenvalue weighted by Crippen LogP contribution is -2.14. The van der Waals surface area contributed by atoms with E-state index in [1.807, 2.05) is 24.3 Å². The van der Waals surface area contributed by atoms with Gasteiger partial charge in [-0.3, -0.25) is 0 Å². The van der Waals surface area contributed by atoms with E-state index in [2.05, 4.69) is 53.3 Å². The molecular formula is C20H18N2O. The summed E-state index contributed by atoms with van der Waals surface area (Å²) in [6.07, 6.45) is 5.02. The first-order valence-electron chi connectivity index (χ1n) is 7.84. The smallest absolute Gasteiger partial charge is 0.162 e. The Bertz CT molecular complexity index is 847. The maximum absolute atomic E-state index is 5.29. The summed E-state index contributed by atoms with van der Waals surface area (Å²) in [5.41, 5.74) is 6.64. The third-order valence-corrected chi connectivity index (χ3v) is 4.14. The quantitative estimate of drug-likeness (QED) is 0.647. The fourth-order valence-corrected chi connectivity index (χ4v) is 2.99. The van der Waals surface area contributed by atoms with Crippen molar-refractivity contribution in [1.82, 2.24) is 5.48 Å². The number of nitrogens with one attached hydrogen (secondary N) is 2. The molecule has 2 aliphatic heterocycles. The van der Waals surface area contributed by atoms with Crippen LogP contribution in [0.15, 0.2) is 66.9 Å². The molecule has 0 saturated carbocycles. The van der Waals surface area contributed by atoms with Crippen LogP contribution in [0.5, 0.6) is 5.75 Å². The van der Waals surface area contributed by atoms with Gasteiger partial charge in [0.25, 0.3) is 0 Å².